The maximum absolute atomic E-state index is 11.3. The number of carbonyl (C=O) groups excluding carboxylic acids is 1. The predicted molar refractivity (Wildman–Crippen MR) is 67.4 cm³/mol. The average molecular weight is 249 g/mol. The fraction of sp³-hybridized carbons (Fsp3) is 0.250. The standard InChI is InChI=1S/C12H15N3O3/c1-3-4-8(12(17)18)15-11-9(10(13)16)7(2)5-6-14-11/h3,5-6,8H,1,4H2,2H3,(H2,13,16)(H,14,15)(H,17,18). The van der Waals surface area contributed by atoms with Gasteiger partial charge in [0.05, 0.1) is 5.56 Å². The van der Waals surface area contributed by atoms with Gasteiger partial charge < -0.3 is 16.2 Å². The van der Waals surface area contributed by atoms with E-state index in [4.69, 9.17) is 10.8 Å². The van der Waals surface area contributed by atoms with Gasteiger partial charge in [-0.25, -0.2) is 9.78 Å². The first-order valence-electron chi connectivity index (χ1n) is 5.33. The van der Waals surface area contributed by atoms with E-state index in [-0.39, 0.29) is 17.8 Å². The maximum Gasteiger partial charge on any atom is 0.326 e. The number of nitrogens with one attached hydrogen (secondary N) is 1. The van der Waals surface area contributed by atoms with Crippen molar-refractivity contribution in [3.63, 3.8) is 0 Å². The Hall–Kier alpha value is -2.37. The highest BCUT2D eigenvalue weighted by Gasteiger charge is 2.20. The van der Waals surface area contributed by atoms with E-state index in [1.165, 1.54) is 12.3 Å². The van der Waals surface area contributed by atoms with E-state index in [9.17, 15) is 9.59 Å². The SMILES string of the molecule is C=CCC(Nc1nccc(C)c1C(N)=O)C(=O)O. The third-order valence-electron chi connectivity index (χ3n) is 2.42. The van der Waals surface area contributed by atoms with Gasteiger partial charge in [-0.3, -0.25) is 4.79 Å². The van der Waals surface area contributed by atoms with Crippen LogP contribution in [0, 0.1) is 6.92 Å². The number of rotatable bonds is 6. The van der Waals surface area contributed by atoms with Crippen molar-refractivity contribution in [1.82, 2.24) is 4.98 Å². The molecule has 4 N–H and O–H groups in total. The summed E-state index contributed by atoms with van der Waals surface area (Å²) < 4.78 is 0. The zero-order chi connectivity index (χ0) is 13.7. The molecule has 1 rings (SSSR count). The zero-order valence-electron chi connectivity index (χ0n) is 10.0. The van der Waals surface area contributed by atoms with E-state index in [0.717, 1.165) is 0 Å². The van der Waals surface area contributed by atoms with Crippen molar-refractivity contribution in [2.24, 2.45) is 5.73 Å². The molecule has 0 radical (unpaired) electrons. The van der Waals surface area contributed by atoms with Crippen LogP contribution < -0.4 is 11.1 Å². The number of nitrogens with zero attached hydrogens (tertiary/aromatic N) is 1. The number of hydrogen-bond donors (Lipinski definition) is 3. The Morgan fingerprint density at radius 1 is 1.67 bits per heavy atom. The van der Waals surface area contributed by atoms with Crippen LogP contribution in [-0.2, 0) is 4.79 Å². The number of carboxylic acid groups (broad SMARTS) is 1. The van der Waals surface area contributed by atoms with Gasteiger partial charge in [0.15, 0.2) is 0 Å². The summed E-state index contributed by atoms with van der Waals surface area (Å²) >= 11 is 0. The molecule has 0 aromatic carbocycles. The number of carboxylic acids is 1. The van der Waals surface area contributed by atoms with Gasteiger partial charge >= 0.3 is 5.97 Å². The van der Waals surface area contributed by atoms with E-state index in [2.05, 4.69) is 16.9 Å². The van der Waals surface area contributed by atoms with Crippen LogP contribution in [0.5, 0.6) is 0 Å². The molecule has 0 spiro atoms. The highest BCUT2D eigenvalue weighted by Crippen LogP contribution is 2.17. The lowest BCUT2D eigenvalue weighted by Gasteiger charge is -2.16. The Balaban J connectivity index is 3.09. The zero-order valence-corrected chi connectivity index (χ0v) is 10.0. The van der Waals surface area contributed by atoms with Gasteiger partial charge in [-0.15, -0.1) is 6.58 Å². The largest absolute Gasteiger partial charge is 0.480 e. The summed E-state index contributed by atoms with van der Waals surface area (Å²) in [6.45, 7) is 5.19. The van der Waals surface area contributed by atoms with Crippen LogP contribution in [0.1, 0.15) is 22.3 Å². The molecule has 1 unspecified atom stereocenters. The lowest BCUT2D eigenvalue weighted by molar-refractivity contribution is -0.137. The summed E-state index contributed by atoms with van der Waals surface area (Å²) in [4.78, 5) is 26.3. The second-order valence-corrected chi connectivity index (χ2v) is 3.78. The van der Waals surface area contributed by atoms with Gasteiger partial charge in [0.2, 0.25) is 0 Å². The third kappa shape index (κ3) is 3.07. The Kier molecular flexibility index (Phi) is 4.42. The Morgan fingerprint density at radius 2 is 2.33 bits per heavy atom. The number of pyridine rings is 1. The summed E-state index contributed by atoms with van der Waals surface area (Å²) in [5.41, 5.74) is 6.10. The van der Waals surface area contributed by atoms with Crippen LogP contribution in [0.3, 0.4) is 0 Å². The minimum Gasteiger partial charge on any atom is -0.480 e. The monoisotopic (exact) mass is 249 g/mol. The number of hydrogen-bond acceptors (Lipinski definition) is 4. The molecular formula is C12H15N3O3. The van der Waals surface area contributed by atoms with E-state index in [1.807, 2.05) is 0 Å². The maximum atomic E-state index is 11.3. The first-order chi connectivity index (χ1) is 8.47. The molecule has 0 fully saturated rings. The smallest absolute Gasteiger partial charge is 0.326 e. The van der Waals surface area contributed by atoms with Gasteiger partial charge in [0, 0.05) is 6.20 Å². The first kappa shape index (κ1) is 13.7. The molecule has 0 saturated carbocycles. The van der Waals surface area contributed by atoms with Crippen molar-refractivity contribution in [3.05, 3.63) is 36.0 Å². The number of amides is 1. The Bertz CT molecular complexity index is 485. The van der Waals surface area contributed by atoms with Crippen molar-refractivity contribution in [2.45, 2.75) is 19.4 Å². The van der Waals surface area contributed by atoms with E-state index in [1.54, 1.807) is 13.0 Å². The lowest BCUT2D eigenvalue weighted by Crippen LogP contribution is -2.30. The molecule has 0 bridgehead atoms. The van der Waals surface area contributed by atoms with Gasteiger partial charge in [0.25, 0.3) is 5.91 Å². The van der Waals surface area contributed by atoms with Crippen LogP contribution in [0.4, 0.5) is 5.82 Å². The van der Waals surface area contributed by atoms with Crippen LogP contribution in [-0.4, -0.2) is 28.0 Å². The molecule has 1 heterocycles. The molecule has 0 aliphatic rings. The Morgan fingerprint density at radius 3 is 2.83 bits per heavy atom. The summed E-state index contributed by atoms with van der Waals surface area (Å²) in [7, 11) is 0. The average Bonchev–Trinajstić information content (AvgIpc) is 2.27. The summed E-state index contributed by atoms with van der Waals surface area (Å²) in [5, 5.41) is 11.7. The van der Waals surface area contributed by atoms with Gasteiger partial charge in [-0.05, 0) is 25.0 Å². The van der Waals surface area contributed by atoms with Crippen LogP contribution in [0.25, 0.3) is 0 Å². The van der Waals surface area contributed by atoms with Crippen molar-refractivity contribution in [1.29, 1.82) is 0 Å². The number of anilines is 1. The van der Waals surface area contributed by atoms with Gasteiger partial charge in [-0.2, -0.15) is 0 Å². The van der Waals surface area contributed by atoms with E-state index >= 15 is 0 Å². The molecule has 0 aliphatic carbocycles. The molecule has 6 heteroatoms. The fourth-order valence-electron chi connectivity index (χ4n) is 1.53. The number of aromatic nitrogens is 1. The van der Waals surface area contributed by atoms with E-state index in [0.29, 0.717) is 5.56 Å². The molecular weight excluding hydrogens is 234 g/mol. The van der Waals surface area contributed by atoms with Crippen molar-refractivity contribution >= 4 is 17.7 Å². The summed E-state index contributed by atoms with van der Waals surface area (Å²) in [6.07, 6.45) is 3.17. The molecule has 18 heavy (non-hydrogen) atoms. The number of primary amides is 1. The highest BCUT2D eigenvalue weighted by molar-refractivity contribution is 5.99. The normalized spacial score (nSPS) is 11.6. The first-order valence-corrected chi connectivity index (χ1v) is 5.33. The molecule has 6 nitrogen and oxygen atoms in total. The highest BCUT2D eigenvalue weighted by atomic mass is 16.4. The predicted octanol–water partition coefficient (Wildman–Crippen LogP) is 0.930. The molecule has 0 aliphatic heterocycles. The van der Waals surface area contributed by atoms with Crippen LogP contribution >= 0.6 is 0 Å². The van der Waals surface area contributed by atoms with Gasteiger partial charge in [0.1, 0.15) is 11.9 Å². The molecule has 96 valence electrons. The fourth-order valence-corrected chi connectivity index (χ4v) is 1.53. The van der Waals surface area contributed by atoms with Crippen LogP contribution in [0.15, 0.2) is 24.9 Å². The quantitative estimate of drug-likeness (QED) is 0.650. The molecule has 1 amide bonds. The molecule has 1 aromatic rings. The molecule has 0 saturated heterocycles. The number of nitrogens with two attached hydrogens (primary N) is 1. The number of aryl methyl sites for hydroxylation is 1. The lowest BCUT2D eigenvalue weighted by atomic mass is 10.1. The number of aliphatic carboxylic acids is 1. The van der Waals surface area contributed by atoms with Gasteiger partial charge in [-0.1, -0.05) is 6.08 Å². The van der Waals surface area contributed by atoms with Crippen molar-refractivity contribution in [3.8, 4) is 0 Å². The molecule has 1 atom stereocenters. The minimum atomic E-state index is -1.05. The second-order valence-electron chi connectivity index (χ2n) is 3.78. The van der Waals surface area contributed by atoms with Crippen molar-refractivity contribution in [2.75, 3.05) is 5.32 Å². The minimum absolute atomic E-state index is 0.178. The van der Waals surface area contributed by atoms with Crippen molar-refractivity contribution < 1.29 is 14.7 Å². The van der Waals surface area contributed by atoms with Crippen LogP contribution in [0.2, 0.25) is 0 Å². The Labute approximate surface area is 105 Å². The molecule has 1 aromatic heterocycles. The summed E-state index contributed by atoms with van der Waals surface area (Å²) in [6, 6.07) is 0.740. The second kappa shape index (κ2) is 5.81. The third-order valence-corrected chi connectivity index (χ3v) is 2.42. The number of carbonyl (C=O) groups is 2. The van der Waals surface area contributed by atoms with E-state index < -0.39 is 17.9 Å². The summed E-state index contributed by atoms with van der Waals surface area (Å²) in [5.74, 6) is -1.52. The topological polar surface area (TPSA) is 105 Å².